The van der Waals surface area contributed by atoms with Crippen molar-refractivity contribution in [2.45, 2.75) is 66.0 Å². The topological polar surface area (TPSA) is 21.3 Å². The van der Waals surface area contributed by atoms with Gasteiger partial charge in [-0.2, -0.15) is 0 Å². The average Bonchev–Trinajstić information content (AvgIpc) is 2.33. The van der Waals surface area contributed by atoms with E-state index in [1.165, 1.54) is 29.5 Å². The van der Waals surface area contributed by atoms with Gasteiger partial charge in [0.25, 0.3) is 0 Å². The van der Waals surface area contributed by atoms with Gasteiger partial charge in [0.1, 0.15) is 5.75 Å². The first-order valence-electron chi connectivity index (χ1n) is 7.40. The molecule has 0 fully saturated rings. The van der Waals surface area contributed by atoms with Crippen molar-refractivity contribution in [3.63, 3.8) is 0 Å². The molecule has 108 valence electrons. The molecule has 1 unspecified atom stereocenters. The fourth-order valence-corrected chi connectivity index (χ4v) is 2.68. The molecule has 0 spiro atoms. The Morgan fingerprint density at radius 1 is 1.21 bits per heavy atom. The molecular formula is C17H29NO. The van der Waals surface area contributed by atoms with E-state index in [1.54, 1.807) is 7.11 Å². The maximum Gasteiger partial charge on any atom is 0.124 e. The van der Waals surface area contributed by atoms with Gasteiger partial charge in [-0.1, -0.05) is 39.7 Å². The van der Waals surface area contributed by atoms with Crippen molar-refractivity contribution in [2.24, 2.45) is 0 Å². The van der Waals surface area contributed by atoms with Gasteiger partial charge in [0, 0.05) is 17.6 Å². The molecule has 0 bridgehead atoms. The lowest BCUT2D eigenvalue weighted by Crippen LogP contribution is -2.29. The average molecular weight is 263 g/mol. The van der Waals surface area contributed by atoms with E-state index >= 15 is 0 Å². The Morgan fingerprint density at radius 3 is 2.42 bits per heavy atom. The first-order chi connectivity index (χ1) is 8.99. The summed E-state index contributed by atoms with van der Waals surface area (Å²) in [5.74, 6) is 1.02. The van der Waals surface area contributed by atoms with Crippen molar-refractivity contribution in [2.75, 3.05) is 7.11 Å². The monoisotopic (exact) mass is 263 g/mol. The van der Waals surface area contributed by atoms with Gasteiger partial charge in [0.2, 0.25) is 0 Å². The van der Waals surface area contributed by atoms with Gasteiger partial charge in [-0.3, -0.25) is 0 Å². The van der Waals surface area contributed by atoms with Crippen molar-refractivity contribution in [3.05, 3.63) is 28.8 Å². The normalized spacial score (nSPS) is 12.8. The quantitative estimate of drug-likeness (QED) is 0.779. The molecule has 2 heteroatoms. The summed E-state index contributed by atoms with van der Waals surface area (Å²) in [6.07, 6.45) is 3.62. The Balaban J connectivity index is 3.12. The van der Waals surface area contributed by atoms with Crippen LogP contribution in [0.15, 0.2) is 12.1 Å². The summed E-state index contributed by atoms with van der Waals surface area (Å²) in [6.45, 7) is 11.0. The number of aryl methyl sites for hydroxylation is 2. The number of unbranched alkanes of at least 4 members (excludes halogenated alkanes) is 1. The SMILES string of the molecule is CCCCC(NC(C)C)c1c(C)cc(C)cc1OC. The Bertz CT molecular complexity index is 398. The summed E-state index contributed by atoms with van der Waals surface area (Å²) in [7, 11) is 1.77. The zero-order valence-corrected chi connectivity index (χ0v) is 13.3. The molecule has 0 aliphatic heterocycles. The van der Waals surface area contributed by atoms with E-state index in [2.05, 4.69) is 52.1 Å². The highest BCUT2D eigenvalue weighted by Gasteiger charge is 2.19. The molecule has 0 saturated carbocycles. The van der Waals surface area contributed by atoms with Crippen LogP contribution in [-0.2, 0) is 0 Å². The zero-order valence-electron chi connectivity index (χ0n) is 13.3. The molecule has 0 aliphatic carbocycles. The van der Waals surface area contributed by atoms with E-state index in [0.717, 1.165) is 12.2 Å². The minimum Gasteiger partial charge on any atom is -0.496 e. The second kappa shape index (κ2) is 7.54. The van der Waals surface area contributed by atoms with Crippen molar-refractivity contribution < 1.29 is 4.74 Å². The van der Waals surface area contributed by atoms with Crippen LogP contribution in [0, 0.1) is 13.8 Å². The van der Waals surface area contributed by atoms with E-state index < -0.39 is 0 Å². The van der Waals surface area contributed by atoms with Crippen molar-refractivity contribution in [1.82, 2.24) is 5.32 Å². The predicted octanol–water partition coefficient (Wildman–Crippen LogP) is 4.54. The molecule has 0 radical (unpaired) electrons. The van der Waals surface area contributed by atoms with Gasteiger partial charge in [-0.05, 0) is 37.5 Å². The molecule has 0 amide bonds. The van der Waals surface area contributed by atoms with E-state index in [1.807, 2.05) is 0 Å². The van der Waals surface area contributed by atoms with Crippen LogP contribution in [-0.4, -0.2) is 13.2 Å². The molecule has 1 atom stereocenters. The molecule has 1 rings (SSSR count). The highest BCUT2D eigenvalue weighted by Crippen LogP contribution is 2.33. The Morgan fingerprint density at radius 2 is 1.89 bits per heavy atom. The van der Waals surface area contributed by atoms with Crippen LogP contribution in [0.25, 0.3) is 0 Å². The van der Waals surface area contributed by atoms with E-state index in [-0.39, 0.29) is 0 Å². The predicted molar refractivity (Wildman–Crippen MR) is 83.0 cm³/mol. The summed E-state index contributed by atoms with van der Waals surface area (Å²) < 4.78 is 5.61. The van der Waals surface area contributed by atoms with Crippen molar-refractivity contribution >= 4 is 0 Å². The third kappa shape index (κ3) is 4.54. The summed E-state index contributed by atoms with van der Waals surface area (Å²) in [5.41, 5.74) is 3.92. The molecule has 0 aliphatic rings. The second-order valence-corrected chi connectivity index (χ2v) is 5.71. The van der Waals surface area contributed by atoms with Crippen LogP contribution in [0.3, 0.4) is 0 Å². The fourth-order valence-electron chi connectivity index (χ4n) is 2.68. The smallest absolute Gasteiger partial charge is 0.124 e. The van der Waals surface area contributed by atoms with Gasteiger partial charge in [0.05, 0.1) is 7.11 Å². The Hall–Kier alpha value is -1.02. The molecule has 0 heterocycles. The van der Waals surface area contributed by atoms with E-state index in [4.69, 9.17) is 4.74 Å². The lowest BCUT2D eigenvalue weighted by atomic mass is 9.94. The van der Waals surface area contributed by atoms with Gasteiger partial charge in [0.15, 0.2) is 0 Å². The number of ether oxygens (including phenoxy) is 1. The first-order valence-corrected chi connectivity index (χ1v) is 7.40. The Labute approximate surface area is 118 Å². The Kier molecular flexibility index (Phi) is 6.36. The maximum atomic E-state index is 5.61. The van der Waals surface area contributed by atoms with Crippen LogP contribution < -0.4 is 10.1 Å². The van der Waals surface area contributed by atoms with Crippen LogP contribution in [0.2, 0.25) is 0 Å². The molecular weight excluding hydrogens is 234 g/mol. The lowest BCUT2D eigenvalue weighted by molar-refractivity contribution is 0.382. The molecule has 1 N–H and O–H groups in total. The minimum atomic E-state index is 0.385. The van der Waals surface area contributed by atoms with Crippen LogP contribution in [0.4, 0.5) is 0 Å². The number of rotatable bonds is 7. The van der Waals surface area contributed by atoms with Gasteiger partial charge in [-0.15, -0.1) is 0 Å². The van der Waals surface area contributed by atoms with Crippen molar-refractivity contribution in [3.8, 4) is 5.75 Å². The summed E-state index contributed by atoms with van der Waals surface area (Å²) >= 11 is 0. The van der Waals surface area contributed by atoms with Gasteiger partial charge < -0.3 is 10.1 Å². The second-order valence-electron chi connectivity index (χ2n) is 5.71. The van der Waals surface area contributed by atoms with Crippen LogP contribution >= 0.6 is 0 Å². The summed E-state index contributed by atoms with van der Waals surface area (Å²) in [6, 6.07) is 5.25. The number of hydrogen-bond acceptors (Lipinski definition) is 2. The van der Waals surface area contributed by atoms with Crippen LogP contribution in [0.5, 0.6) is 5.75 Å². The van der Waals surface area contributed by atoms with E-state index in [9.17, 15) is 0 Å². The largest absolute Gasteiger partial charge is 0.496 e. The van der Waals surface area contributed by atoms with Gasteiger partial charge >= 0.3 is 0 Å². The number of benzene rings is 1. The molecule has 0 aromatic heterocycles. The minimum absolute atomic E-state index is 0.385. The third-order valence-electron chi connectivity index (χ3n) is 3.44. The number of hydrogen-bond donors (Lipinski definition) is 1. The van der Waals surface area contributed by atoms with E-state index in [0.29, 0.717) is 12.1 Å². The molecule has 1 aromatic carbocycles. The zero-order chi connectivity index (χ0) is 14.4. The summed E-state index contributed by atoms with van der Waals surface area (Å²) in [4.78, 5) is 0. The van der Waals surface area contributed by atoms with Crippen LogP contribution in [0.1, 0.15) is 62.8 Å². The summed E-state index contributed by atoms with van der Waals surface area (Å²) in [5, 5.41) is 3.69. The molecule has 2 nitrogen and oxygen atoms in total. The highest BCUT2D eigenvalue weighted by molar-refractivity contribution is 5.45. The van der Waals surface area contributed by atoms with Crippen molar-refractivity contribution in [1.29, 1.82) is 0 Å². The molecule has 19 heavy (non-hydrogen) atoms. The highest BCUT2D eigenvalue weighted by atomic mass is 16.5. The molecule has 0 saturated heterocycles. The van der Waals surface area contributed by atoms with Gasteiger partial charge in [-0.25, -0.2) is 0 Å². The number of nitrogens with one attached hydrogen (secondary N) is 1. The fraction of sp³-hybridized carbons (Fsp3) is 0.647. The number of methoxy groups -OCH3 is 1. The standard InChI is InChI=1S/C17H29NO/c1-7-8-9-15(18-12(2)3)17-14(5)10-13(4)11-16(17)19-6/h10-12,15,18H,7-9H2,1-6H3. The third-order valence-corrected chi connectivity index (χ3v) is 3.44. The lowest BCUT2D eigenvalue weighted by Gasteiger charge is -2.25. The maximum absolute atomic E-state index is 5.61. The molecule has 1 aromatic rings. The first kappa shape index (κ1) is 16.0.